The van der Waals surface area contributed by atoms with Gasteiger partial charge in [-0.25, -0.2) is 0 Å². The summed E-state index contributed by atoms with van der Waals surface area (Å²) in [5.74, 6) is 0. The maximum atomic E-state index is 6.03. The van der Waals surface area contributed by atoms with Crippen LogP contribution in [0.4, 0.5) is 0 Å². The molecule has 0 aromatic carbocycles. The van der Waals surface area contributed by atoms with Gasteiger partial charge >= 0.3 is 0 Å². The van der Waals surface area contributed by atoms with Crippen LogP contribution in [0.15, 0.2) is 16.9 Å². The van der Waals surface area contributed by atoms with Crippen molar-refractivity contribution >= 4 is 15.9 Å². The number of aromatic nitrogens is 2. The number of ether oxygens (including phenoxy) is 2. The lowest BCUT2D eigenvalue weighted by atomic mass is 9.84. The highest BCUT2D eigenvalue weighted by Crippen LogP contribution is 2.38. The Morgan fingerprint density at radius 3 is 2.88 bits per heavy atom. The van der Waals surface area contributed by atoms with Gasteiger partial charge in [0.05, 0.1) is 22.3 Å². The smallest absolute Gasteiger partial charge is 0.0746 e. The molecule has 0 unspecified atom stereocenters. The van der Waals surface area contributed by atoms with Crippen LogP contribution in [-0.4, -0.2) is 35.2 Å². The fraction of sp³-hybridized carbons (Fsp3) is 0.750. The molecule has 2 aliphatic rings. The van der Waals surface area contributed by atoms with E-state index in [0.29, 0.717) is 6.04 Å². The van der Waals surface area contributed by atoms with Gasteiger partial charge in [0, 0.05) is 26.0 Å². The summed E-state index contributed by atoms with van der Waals surface area (Å²) in [4.78, 5) is 0. The maximum Gasteiger partial charge on any atom is 0.0746 e. The van der Waals surface area contributed by atoms with Crippen LogP contribution in [0.3, 0.4) is 0 Å². The lowest BCUT2D eigenvalue weighted by molar-refractivity contribution is -0.145. The fourth-order valence-electron chi connectivity index (χ4n) is 2.83. The van der Waals surface area contributed by atoms with Crippen LogP contribution >= 0.6 is 15.9 Å². The molecule has 1 spiro atoms. The van der Waals surface area contributed by atoms with Crippen molar-refractivity contribution in [1.29, 1.82) is 0 Å². The van der Waals surface area contributed by atoms with Crippen LogP contribution < -0.4 is 0 Å². The van der Waals surface area contributed by atoms with Crippen LogP contribution in [0.1, 0.15) is 31.7 Å². The van der Waals surface area contributed by atoms with Gasteiger partial charge in [-0.3, -0.25) is 4.68 Å². The average molecular weight is 301 g/mol. The third-order valence-electron chi connectivity index (χ3n) is 3.82. The predicted molar refractivity (Wildman–Crippen MR) is 66.9 cm³/mol. The summed E-state index contributed by atoms with van der Waals surface area (Å²) in [6, 6.07) is 0.466. The quantitative estimate of drug-likeness (QED) is 0.800. The number of halogens is 1. The van der Waals surface area contributed by atoms with E-state index in [2.05, 4.69) is 31.9 Å². The number of hydrogen-bond acceptors (Lipinski definition) is 3. The van der Waals surface area contributed by atoms with Crippen molar-refractivity contribution in [3.05, 3.63) is 16.9 Å². The van der Waals surface area contributed by atoms with E-state index in [1.807, 2.05) is 6.20 Å². The van der Waals surface area contributed by atoms with Crippen LogP contribution in [0, 0.1) is 0 Å². The van der Waals surface area contributed by atoms with Crippen molar-refractivity contribution in [2.24, 2.45) is 0 Å². The van der Waals surface area contributed by atoms with E-state index in [0.717, 1.165) is 50.0 Å². The van der Waals surface area contributed by atoms with E-state index in [1.165, 1.54) is 0 Å². The first-order valence-electron chi connectivity index (χ1n) is 6.19. The van der Waals surface area contributed by atoms with Crippen LogP contribution in [-0.2, 0) is 9.47 Å². The molecule has 3 rings (SSSR count). The van der Waals surface area contributed by atoms with Gasteiger partial charge in [0.2, 0.25) is 0 Å². The predicted octanol–water partition coefficient (Wildman–Crippen LogP) is 2.55. The Labute approximate surface area is 109 Å². The second-order valence-corrected chi connectivity index (χ2v) is 5.84. The van der Waals surface area contributed by atoms with Crippen molar-refractivity contribution in [3.8, 4) is 0 Å². The zero-order chi connectivity index (χ0) is 11.7. The third-order valence-corrected chi connectivity index (χ3v) is 4.22. The minimum Gasteiger partial charge on any atom is -0.381 e. The van der Waals surface area contributed by atoms with Gasteiger partial charge in [-0.2, -0.15) is 5.10 Å². The van der Waals surface area contributed by atoms with E-state index in [4.69, 9.17) is 9.47 Å². The van der Waals surface area contributed by atoms with Gasteiger partial charge in [0.15, 0.2) is 0 Å². The highest BCUT2D eigenvalue weighted by atomic mass is 79.9. The lowest BCUT2D eigenvalue weighted by Crippen LogP contribution is -2.44. The van der Waals surface area contributed by atoms with Gasteiger partial charge in [-0.05, 0) is 41.6 Å². The molecule has 94 valence electrons. The van der Waals surface area contributed by atoms with E-state index in [1.54, 1.807) is 0 Å². The molecule has 1 aromatic rings. The van der Waals surface area contributed by atoms with Crippen molar-refractivity contribution in [2.75, 3.05) is 19.8 Å². The standard InChI is InChI=1S/C12H17BrN2O2/c13-10-8-14-15(9-10)11-1-4-17-12(7-11)2-5-16-6-3-12/h8-9,11H,1-7H2/t11-/m1/s1. The summed E-state index contributed by atoms with van der Waals surface area (Å²) in [5, 5.41) is 4.40. The Bertz CT molecular complexity index is 382. The van der Waals surface area contributed by atoms with Crippen LogP contribution in [0.25, 0.3) is 0 Å². The Morgan fingerprint density at radius 1 is 1.35 bits per heavy atom. The van der Waals surface area contributed by atoms with Crippen molar-refractivity contribution < 1.29 is 9.47 Å². The summed E-state index contributed by atoms with van der Waals surface area (Å²) in [6.07, 6.45) is 8.06. The van der Waals surface area contributed by atoms with Crippen molar-refractivity contribution in [3.63, 3.8) is 0 Å². The highest BCUT2D eigenvalue weighted by Gasteiger charge is 2.39. The van der Waals surface area contributed by atoms with Gasteiger partial charge in [0.1, 0.15) is 0 Å². The molecule has 2 saturated heterocycles. The van der Waals surface area contributed by atoms with E-state index in [9.17, 15) is 0 Å². The van der Waals surface area contributed by atoms with E-state index in [-0.39, 0.29) is 5.60 Å². The second-order valence-electron chi connectivity index (χ2n) is 4.93. The average Bonchev–Trinajstić information content (AvgIpc) is 2.77. The summed E-state index contributed by atoms with van der Waals surface area (Å²) in [7, 11) is 0. The summed E-state index contributed by atoms with van der Waals surface area (Å²) >= 11 is 3.45. The Kier molecular flexibility index (Phi) is 3.23. The highest BCUT2D eigenvalue weighted by molar-refractivity contribution is 9.10. The van der Waals surface area contributed by atoms with Gasteiger partial charge in [-0.15, -0.1) is 0 Å². The Hall–Kier alpha value is -0.390. The molecule has 0 bridgehead atoms. The molecular formula is C12H17BrN2O2. The molecule has 0 N–H and O–H groups in total. The fourth-order valence-corrected chi connectivity index (χ4v) is 3.14. The van der Waals surface area contributed by atoms with Gasteiger partial charge in [0.25, 0.3) is 0 Å². The molecule has 2 fully saturated rings. The van der Waals surface area contributed by atoms with E-state index < -0.39 is 0 Å². The minimum atomic E-state index is 0.0413. The van der Waals surface area contributed by atoms with Crippen LogP contribution in [0.2, 0.25) is 0 Å². The topological polar surface area (TPSA) is 36.3 Å². The summed E-state index contributed by atoms with van der Waals surface area (Å²) in [5.41, 5.74) is 0.0413. The largest absolute Gasteiger partial charge is 0.381 e. The number of rotatable bonds is 1. The van der Waals surface area contributed by atoms with Crippen LogP contribution in [0.5, 0.6) is 0 Å². The monoisotopic (exact) mass is 300 g/mol. The third kappa shape index (κ3) is 2.41. The first-order chi connectivity index (χ1) is 8.27. The number of hydrogen-bond donors (Lipinski definition) is 0. The second kappa shape index (κ2) is 4.71. The molecule has 0 radical (unpaired) electrons. The molecule has 17 heavy (non-hydrogen) atoms. The first-order valence-corrected chi connectivity index (χ1v) is 6.98. The molecule has 3 heterocycles. The Balaban J connectivity index is 1.74. The molecule has 1 atom stereocenters. The molecule has 5 heteroatoms. The van der Waals surface area contributed by atoms with Crippen molar-refractivity contribution in [1.82, 2.24) is 9.78 Å². The van der Waals surface area contributed by atoms with Crippen molar-refractivity contribution in [2.45, 2.75) is 37.3 Å². The molecule has 1 aromatic heterocycles. The Morgan fingerprint density at radius 2 is 2.18 bits per heavy atom. The zero-order valence-corrected chi connectivity index (χ0v) is 11.4. The molecule has 2 aliphatic heterocycles. The van der Waals surface area contributed by atoms with Gasteiger partial charge in [-0.1, -0.05) is 0 Å². The molecular weight excluding hydrogens is 284 g/mol. The molecule has 4 nitrogen and oxygen atoms in total. The number of nitrogens with zero attached hydrogens (tertiary/aromatic N) is 2. The first kappa shape index (κ1) is 11.7. The SMILES string of the molecule is Brc1cnn([C@@H]2CCOC3(CCOCC3)C2)c1. The zero-order valence-electron chi connectivity index (χ0n) is 9.77. The maximum absolute atomic E-state index is 6.03. The lowest BCUT2D eigenvalue weighted by Gasteiger charge is -2.43. The molecule has 0 aliphatic carbocycles. The molecule has 0 saturated carbocycles. The summed E-state index contributed by atoms with van der Waals surface area (Å²) in [6.45, 7) is 2.49. The molecule has 0 amide bonds. The van der Waals surface area contributed by atoms with Gasteiger partial charge < -0.3 is 9.47 Å². The minimum absolute atomic E-state index is 0.0413. The van der Waals surface area contributed by atoms with E-state index >= 15 is 0 Å². The normalized spacial score (nSPS) is 28.4. The summed E-state index contributed by atoms with van der Waals surface area (Å²) < 4.78 is 14.6.